The molecule has 0 aromatic carbocycles. The van der Waals surface area contributed by atoms with Crippen LogP contribution in [0.1, 0.15) is 30.2 Å². The SMILES string of the molecule is COc1nn(C)c2nc(C)c(CCC(=O)NC(C)C(=O)N3CCOCC3)c(C)c12. The number of hydrogen-bond donors (Lipinski definition) is 1. The molecular weight excluding hydrogens is 374 g/mol. The minimum atomic E-state index is -0.554. The van der Waals surface area contributed by atoms with E-state index in [-0.39, 0.29) is 18.2 Å². The van der Waals surface area contributed by atoms with Crippen LogP contribution in [0.3, 0.4) is 0 Å². The number of fused-ring (bicyclic) bond motifs is 1. The molecule has 158 valence electrons. The lowest BCUT2D eigenvalue weighted by molar-refractivity contribution is -0.139. The first-order chi connectivity index (χ1) is 13.8. The molecule has 0 saturated carbocycles. The summed E-state index contributed by atoms with van der Waals surface area (Å²) in [5, 5.41) is 8.04. The number of methoxy groups -OCH3 is 1. The molecule has 1 N–H and O–H groups in total. The molecule has 2 aromatic heterocycles. The lowest BCUT2D eigenvalue weighted by Crippen LogP contribution is -2.50. The van der Waals surface area contributed by atoms with Gasteiger partial charge in [-0.3, -0.25) is 9.59 Å². The topological polar surface area (TPSA) is 98.6 Å². The molecule has 9 heteroatoms. The summed E-state index contributed by atoms with van der Waals surface area (Å²) < 4.78 is 12.3. The number of carbonyl (C=O) groups is 2. The standard InChI is InChI=1S/C20H29N5O4/c1-12-15(13(2)22-18-17(12)19(28-5)23-24(18)4)6-7-16(26)21-14(3)20(27)25-8-10-29-11-9-25/h14H,6-11H2,1-5H3,(H,21,26). The molecule has 1 aliphatic rings. The largest absolute Gasteiger partial charge is 0.479 e. The van der Waals surface area contributed by atoms with Crippen molar-refractivity contribution in [3.8, 4) is 5.88 Å². The Bertz CT molecular complexity index is 917. The molecule has 0 radical (unpaired) electrons. The lowest BCUT2D eigenvalue weighted by atomic mass is 10.00. The molecule has 3 heterocycles. The van der Waals surface area contributed by atoms with E-state index < -0.39 is 6.04 Å². The van der Waals surface area contributed by atoms with Crippen molar-refractivity contribution in [3.63, 3.8) is 0 Å². The van der Waals surface area contributed by atoms with Crippen LogP contribution in [-0.2, 0) is 27.8 Å². The number of pyridine rings is 1. The maximum Gasteiger partial charge on any atom is 0.245 e. The van der Waals surface area contributed by atoms with Gasteiger partial charge in [0.05, 0.1) is 25.7 Å². The van der Waals surface area contributed by atoms with Crippen molar-refractivity contribution in [2.75, 3.05) is 33.4 Å². The molecular formula is C20H29N5O4. The lowest BCUT2D eigenvalue weighted by Gasteiger charge is -2.29. The molecule has 0 bridgehead atoms. The van der Waals surface area contributed by atoms with Gasteiger partial charge in [-0.15, -0.1) is 5.10 Å². The number of ether oxygens (including phenoxy) is 2. The Kier molecular flexibility index (Phi) is 6.36. The zero-order valence-electron chi connectivity index (χ0n) is 17.7. The molecule has 2 aromatic rings. The molecule has 0 aliphatic carbocycles. The highest BCUT2D eigenvalue weighted by molar-refractivity contribution is 5.88. The molecule has 3 rings (SSSR count). The molecule has 2 amide bonds. The summed E-state index contributed by atoms with van der Waals surface area (Å²) >= 11 is 0. The first-order valence-electron chi connectivity index (χ1n) is 9.86. The third kappa shape index (κ3) is 4.34. The fourth-order valence-electron chi connectivity index (χ4n) is 3.78. The summed E-state index contributed by atoms with van der Waals surface area (Å²) in [7, 11) is 3.41. The second-order valence-corrected chi connectivity index (χ2v) is 7.36. The van der Waals surface area contributed by atoms with Crippen LogP contribution in [0.2, 0.25) is 0 Å². The number of amides is 2. The van der Waals surface area contributed by atoms with E-state index in [0.717, 1.165) is 27.9 Å². The molecule has 29 heavy (non-hydrogen) atoms. The molecule has 1 atom stereocenters. The van der Waals surface area contributed by atoms with Gasteiger partial charge in [-0.2, -0.15) is 0 Å². The smallest absolute Gasteiger partial charge is 0.245 e. The number of hydrogen-bond acceptors (Lipinski definition) is 6. The first kappa shape index (κ1) is 21.0. The monoisotopic (exact) mass is 403 g/mol. The van der Waals surface area contributed by atoms with Gasteiger partial charge < -0.3 is 19.7 Å². The Balaban J connectivity index is 1.67. The molecule has 1 unspecified atom stereocenters. The number of aryl methyl sites for hydroxylation is 3. The average Bonchev–Trinajstić information content (AvgIpc) is 3.03. The summed E-state index contributed by atoms with van der Waals surface area (Å²) in [5.74, 6) is 0.302. The van der Waals surface area contributed by atoms with E-state index in [1.807, 2.05) is 20.9 Å². The Labute approximate surface area is 170 Å². The zero-order valence-corrected chi connectivity index (χ0v) is 17.7. The number of aromatic nitrogens is 3. The predicted molar refractivity (Wildman–Crippen MR) is 108 cm³/mol. The summed E-state index contributed by atoms with van der Waals surface area (Å²) in [5.41, 5.74) is 3.65. The number of rotatable bonds is 6. The van der Waals surface area contributed by atoms with Gasteiger partial charge in [0, 0.05) is 32.3 Å². The van der Waals surface area contributed by atoms with Crippen LogP contribution in [0.5, 0.6) is 5.88 Å². The van der Waals surface area contributed by atoms with E-state index in [2.05, 4.69) is 15.4 Å². The quantitative estimate of drug-likeness (QED) is 0.769. The molecule has 0 spiro atoms. The van der Waals surface area contributed by atoms with Gasteiger partial charge in [-0.1, -0.05) is 0 Å². The Morgan fingerprint density at radius 3 is 2.62 bits per heavy atom. The normalized spacial score (nSPS) is 15.4. The number of carbonyl (C=O) groups excluding carboxylic acids is 2. The second-order valence-electron chi connectivity index (χ2n) is 7.36. The summed E-state index contributed by atoms with van der Waals surface area (Å²) in [6.07, 6.45) is 0.807. The van der Waals surface area contributed by atoms with Gasteiger partial charge >= 0.3 is 0 Å². The minimum Gasteiger partial charge on any atom is -0.479 e. The van der Waals surface area contributed by atoms with Crippen molar-refractivity contribution in [2.24, 2.45) is 7.05 Å². The van der Waals surface area contributed by atoms with Crippen LogP contribution >= 0.6 is 0 Å². The van der Waals surface area contributed by atoms with Gasteiger partial charge in [0.25, 0.3) is 0 Å². The maximum absolute atomic E-state index is 12.5. The van der Waals surface area contributed by atoms with Crippen molar-refractivity contribution >= 4 is 22.8 Å². The van der Waals surface area contributed by atoms with Crippen molar-refractivity contribution in [2.45, 2.75) is 39.7 Å². The van der Waals surface area contributed by atoms with E-state index in [1.165, 1.54) is 0 Å². The number of nitrogens with one attached hydrogen (secondary N) is 1. The van der Waals surface area contributed by atoms with Gasteiger partial charge in [-0.05, 0) is 38.3 Å². The van der Waals surface area contributed by atoms with Crippen LogP contribution in [0.15, 0.2) is 0 Å². The van der Waals surface area contributed by atoms with Gasteiger partial charge in [0.15, 0.2) is 5.65 Å². The fraction of sp³-hybridized carbons (Fsp3) is 0.600. The highest BCUT2D eigenvalue weighted by atomic mass is 16.5. The first-order valence-corrected chi connectivity index (χ1v) is 9.86. The van der Waals surface area contributed by atoms with Crippen molar-refractivity contribution < 1.29 is 19.1 Å². The molecule has 1 saturated heterocycles. The van der Waals surface area contributed by atoms with Crippen molar-refractivity contribution in [1.82, 2.24) is 25.0 Å². The average molecular weight is 403 g/mol. The van der Waals surface area contributed by atoms with Crippen molar-refractivity contribution in [1.29, 1.82) is 0 Å². The van der Waals surface area contributed by atoms with Gasteiger partial charge in [0.2, 0.25) is 17.7 Å². The van der Waals surface area contributed by atoms with Crippen LogP contribution in [0, 0.1) is 13.8 Å². The van der Waals surface area contributed by atoms with E-state index in [4.69, 9.17) is 9.47 Å². The van der Waals surface area contributed by atoms with Crippen LogP contribution in [0.4, 0.5) is 0 Å². The van der Waals surface area contributed by atoms with Crippen molar-refractivity contribution in [3.05, 3.63) is 16.8 Å². The van der Waals surface area contributed by atoms with E-state index >= 15 is 0 Å². The van der Waals surface area contributed by atoms with Crippen LogP contribution in [-0.4, -0.2) is 70.9 Å². The molecule has 9 nitrogen and oxygen atoms in total. The summed E-state index contributed by atoms with van der Waals surface area (Å²) in [6.45, 7) is 7.87. The molecule has 1 fully saturated rings. The maximum atomic E-state index is 12.5. The van der Waals surface area contributed by atoms with Gasteiger partial charge in [-0.25, -0.2) is 9.67 Å². The molecule has 1 aliphatic heterocycles. The zero-order chi connectivity index (χ0) is 21.1. The van der Waals surface area contributed by atoms with E-state index in [0.29, 0.717) is 38.6 Å². The highest BCUT2D eigenvalue weighted by Gasteiger charge is 2.24. The Hall–Kier alpha value is -2.68. The van der Waals surface area contributed by atoms with E-state index in [1.54, 1.807) is 23.6 Å². The highest BCUT2D eigenvalue weighted by Crippen LogP contribution is 2.30. The third-order valence-electron chi connectivity index (χ3n) is 5.39. The van der Waals surface area contributed by atoms with Crippen LogP contribution < -0.4 is 10.1 Å². The third-order valence-corrected chi connectivity index (χ3v) is 5.39. The second kappa shape index (κ2) is 8.77. The summed E-state index contributed by atoms with van der Waals surface area (Å²) in [6, 6.07) is -0.554. The predicted octanol–water partition coefficient (Wildman–Crippen LogP) is 0.890. The van der Waals surface area contributed by atoms with Gasteiger partial charge in [0.1, 0.15) is 6.04 Å². The number of nitrogens with zero attached hydrogens (tertiary/aromatic N) is 4. The Morgan fingerprint density at radius 1 is 1.28 bits per heavy atom. The summed E-state index contributed by atoms with van der Waals surface area (Å²) in [4.78, 5) is 31.3. The van der Waals surface area contributed by atoms with E-state index in [9.17, 15) is 9.59 Å². The minimum absolute atomic E-state index is 0.0720. The van der Waals surface area contributed by atoms with Crippen LogP contribution in [0.25, 0.3) is 11.0 Å². The Morgan fingerprint density at radius 2 is 1.97 bits per heavy atom. The number of morpholine rings is 1. The fourth-order valence-corrected chi connectivity index (χ4v) is 3.78.